The van der Waals surface area contributed by atoms with Gasteiger partial charge in [-0.2, -0.15) is 0 Å². The van der Waals surface area contributed by atoms with Crippen molar-refractivity contribution >= 4 is 17.1 Å². The molecule has 0 spiro atoms. The Morgan fingerprint density at radius 1 is 0.234 bits per heavy atom. The average Bonchev–Trinajstić information content (AvgIpc) is 3.88. The summed E-state index contributed by atoms with van der Waals surface area (Å²) in [5, 5.41) is 0. The topological polar surface area (TPSA) is 3.24 Å². The summed E-state index contributed by atoms with van der Waals surface area (Å²) < 4.78 is 0. The van der Waals surface area contributed by atoms with Gasteiger partial charge in [-0.05, 0) is 188 Å². The van der Waals surface area contributed by atoms with Gasteiger partial charge in [-0.15, -0.1) is 0 Å². The summed E-state index contributed by atoms with van der Waals surface area (Å²) in [6.45, 7) is 37.2. The molecule has 9 aromatic carbocycles. The van der Waals surface area contributed by atoms with Gasteiger partial charge < -0.3 is 4.90 Å². The second-order valence-corrected chi connectivity index (χ2v) is 27.6. The van der Waals surface area contributed by atoms with Gasteiger partial charge in [0, 0.05) is 27.9 Å². The first-order chi connectivity index (χ1) is 36.2. The summed E-state index contributed by atoms with van der Waals surface area (Å²) in [5.41, 5.74) is 29.3. The second-order valence-electron chi connectivity index (χ2n) is 27.6. The van der Waals surface area contributed by atoms with Crippen molar-refractivity contribution in [1.29, 1.82) is 0 Å². The highest BCUT2D eigenvalue weighted by Gasteiger charge is 2.38. The number of hydrogen-bond acceptors (Lipinski definition) is 1. The molecule has 9 aromatic rings. The van der Waals surface area contributed by atoms with Crippen LogP contribution in [0.25, 0.3) is 66.8 Å². The first-order valence-electron chi connectivity index (χ1n) is 28.1. The standard InChI is InChI=1S/C76H79N/c1-71(2,3)56-27-17-48(18-28-56)50-21-33-60(34-22-50)77(61-35-23-51(24-36-61)49-19-29-57(30-20-49)72(4,5)6)62-42-54(52-25-37-63-65-39-31-58(73(7,8)9)46-69(65)75(13,14)67(63)44-52)41-55(43-62)53-26-38-64-66-40-32-59(74(10,11)12)47-70(66)76(15,16)68(64)45-53/h17-47H,1-16H3. The van der Waals surface area contributed by atoms with Crippen LogP contribution in [-0.4, -0.2) is 0 Å². The Kier molecular flexibility index (Phi) is 12.3. The molecule has 0 radical (unpaired) electrons. The van der Waals surface area contributed by atoms with Crippen LogP contribution in [-0.2, 0) is 32.5 Å². The quantitative estimate of drug-likeness (QED) is 0.154. The first kappa shape index (κ1) is 51.9. The van der Waals surface area contributed by atoms with Crippen LogP contribution in [0.15, 0.2) is 188 Å². The van der Waals surface area contributed by atoms with Crippen LogP contribution in [0.3, 0.4) is 0 Å². The molecule has 0 saturated carbocycles. The smallest absolute Gasteiger partial charge is 0.0473 e. The van der Waals surface area contributed by atoms with Crippen LogP contribution in [0.1, 0.15) is 155 Å². The normalized spacial score (nSPS) is 14.4. The first-order valence-corrected chi connectivity index (χ1v) is 28.1. The summed E-state index contributed by atoms with van der Waals surface area (Å²) >= 11 is 0. The molecule has 0 N–H and O–H groups in total. The highest BCUT2D eigenvalue weighted by Crippen LogP contribution is 2.53. The van der Waals surface area contributed by atoms with E-state index < -0.39 is 0 Å². The van der Waals surface area contributed by atoms with Crippen molar-refractivity contribution in [2.45, 2.75) is 143 Å². The Morgan fingerprint density at radius 3 is 0.805 bits per heavy atom. The fraction of sp³-hybridized carbons (Fsp3) is 0.289. The Morgan fingerprint density at radius 2 is 0.494 bits per heavy atom. The fourth-order valence-corrected chi connectivity index (χ4v) is 12.2. The van der Waals surface area contributed by atoms with Crippen LogP contribution in [0.2, 0.25) is 0 Å². The Balaban J connectivity index is 1.08. The number of anilines is 3. The van der Waals surface area contributed by atoms with E-state index >= 15 is 0 Å². The predicted octanol–water partition coefficient (Wildman–Crippen LogP) is 21.6. The largest absolute Gasteiger partial charge is 0.310 e. The second kappa shape index (κ2) is 18.2. The van der Waals surface area contributed by atoms with Gasteiger partial charge in [0.05, 0.1) is 0 Å². The van der Waals surface area contributed by atoms with Crippen molar-refractivity contribution in [3.63, 3.8) is 0 Å². The third kappa shape index (κ3) is 9.39. The molecule has 0 heterocycles. The summed E-state index contributed by atoms with van der Waals surface area (Å²) in [6.07, 6.45) is 0. The van der Waals surface area contributed by atoms with Gasteiger partial charge in [0.25, 0.3) is 0 Å². The lowest BCUT2D eigenvalue weighted by atomic mass is 9.78. The molecular formula is C76H79N. The maximum atomic E-state index is 2.49. The molecule has 1 nitrogen and oxygen atoms in total. The Hall–Kier alpha value is -7.22. The number of hydrogen-bond donors (Lipinski definition) is 0. The third-order valence-electron chi connectivity index (χ3n) is 17.3. The van der Waals surface area contributed by atoms with Crippen molar-refractivity contribution in [2.75, 3.05) is 4.90 Å². The molecule has 0 atom stereocenters. The summed E-state index contributed by atoms with van der Waals surface area (Å²) in [7, 11) is 0. The van der Waals surface area contributed by atoms with E-state index in [1.807, 2.05) is 0 Å². The zero-order valence-electron chi connectivity index (χ0n) is 48.8. The van der Waals surface area contributed by atoms with Crippen molar-refractivity contribution in [3.05, 3.63) is 233 Å². The van der Waals surface area contributed by atoms with E-state index in [2.05, 4.69) is 304 Å². The average molecular weight is 1010 g/mol. The number of fused-ring (bicyclic) bond motifs is 6. The van der Waals surface area contributed by atoms with Gasteiger partial charge in [0.2, 0.25) is 0 Å². The third-order valence-corrected chi connectivity index (χ3v) is 17.3. The minimum Gasteiger partial charge on any atom is -0.310 e. The molecule has 0 aromatic heterocycles. The maximum absolute atomic E-state index is 2.49. The minimum atomic E-state index is -0.161. The van der Waals surface area contributed by atoms with Crippen LogP contribution in [0.4, 0.5) is 17.1 Å². The van der Waals surface area contributed by atoms with Crippen LogP contribution >= 0.6 is 0 Å². The molecule has 0 unspecified atom stereocenters. The van der Waals surface area contributed by atoms with E-state index in [1.165, 1.54) is 111 Å². The van der Waals surface area contributed by atoms with E-state index in [1.54, 1.807) is 0 Å². The molecule has 77 heavy (non-hydrogen) atoms. The molecule has 0 amide bonds. The van der Waals surface area contributed by atoms with Crippen LogP contribution in [0.5, 0.6) is 0 Å². The van der Waals surface area contributed by atoms with Crippen molar-refractivity contribution in [2.24, 2.45) is 0 Å². The molecule has 0 bridgehead atoms. The zero-order chi connectivity index (χ0) is 54.8. The number of benzene rings is 9. The van der Waals surface area contributed by atoms with E-state index in [0.717, 1.165) is 17.1 Å². The Labute approximate surface area is 462 Å². The highest BCUT2D eigenvalue weighted by molar-refractivity contribution is 5.90. The van der Waals surface area contributed by atoms with Gasteiger partial charge in [-0.3, -0.25) is 0 Å². The molecule has 0 fully saturated rings. The van der Waals surface area contributed by atoms with Crippen LogP contribution in [0, 0.1) is 0 Å². The zero-order valence-corrected chi connectivity index (χ0v) is 48.8. The van der Waals surface area contributed by atoms with Gasteiger partial charge in [0.15, 0.2) is 0 Å². The lowest BCUT2D eigenvalue weighted by Gasteiger charge is -2.28. The molecule has 0 aliphatic heterocycles. The fourth-order valence-electron chi connectivity index (χ4n) is 12.2. The van der Waals surface area contributed by atoms with Crippen molar-refractivity contribution < 1.29 is 0 Å². The van der Waals surface area contributed by atoms with Gasteiger partial charge in [0.1, 0.15) is 0 Å². The predicted molar refractivity (Wildman–Crippen MR) is 333 cm³/mol. The lowest BCUT2D eigenvalue weighted by Crippen LogP contribution is -2.17. The van der Waals surface area contributed by atoms with Crippen molar-refractivity contribution in [1.82, 2.24) is 0 Å². The molecule has 2 aliphatic carbocycles. The Bertz CT molecular complexity index is 3470. The highest BCUT2D eigenvalue weighted by atomic mass is 15.1. The van der Waals surface area contributed by atoms with Gasteiger partial charge in [-0.1, -0.05) is 244 Å². The molecule has 11 rings (SSSR count). The van der Waals surface area contributed by atoms with Crippen LogP contribution < -0.4 is 4.90 Å². The maximum Gasteiger partial charge on any atom is 0.0473 e. The number of nitrogens with zero attached hydrogens (tertiary/aromatic N) is 1. The van der Waals surface area contributed by atoms with Gasteiger partial charge >= 0.3 is 0 Å². The van der Waals surface area contributed by atoms with E-state index in [-0.39, 0.29) is 32.5 Å². The van der Waals surface area contributed by atoms with E-state index in [0.29, 0.717) is 0 Å². The summed E-state index contributed by atoms with van der Waals surface area (Å²) in [4.78, 5) is 2.47. The molecular weight excluding hydrogens is 927 g/mol. The van der Waals surface area contributed by atoms with E-state index in [4.69, 9.17) is 0 Å². The molecule has 0 saturated heterocycles. The molecule has 2 aliphatic rings. The summed E-state index contributed by atoms with van der Waals surface area (Å²) in [6, 6.07) is 72.8. The molecule has 388 valence electrons. The van der Waals surface area contributed by atoms with E-state index in [9.17, 15) is 0 Å². The summed E-state index contributed by atoms with van der Waals surface area (Å²) in [5.74, 6) is 0. The SMILES string of the molecule is CC(C)(C)c1ccc(-c2ccc(N(c3ccc(-c4ccc(C(C)(C)C)cc4)cc3)c3cc(-c4ccc5c(c4)C(C)(C)c4cc(C(C)(C)C)ccc4-5)cc(-c4ccc5c(c4)C(C)(C)c4cc(C(C)(C)C)ccc4-5)c3)cc2)cc1. The van der Waals surface area contributed by atoms with Crippen molar-refractivity contribution in [3.8, 4) is 66.8 Å². The minimum absolute atomic E-state index is 0.0642. The lowest BCUT2D eigenvalue weighted by molar-refractivity contribution is 0.584. The molecule has 1 heteroatoms. The monoisotopic (exact) mass is 1010 g/mol. The number of rotatable bonds is 7. The van der Waals surface area contributed by atoms with Gasteiger partial charge in [-0.25, -0.2) is 0 Å².